The fourth-order valence-corrected chi connectivity index (χ4v) is 7.47. The monoisotopic (exact) mass is 498 g/mol. The summed E-state index contributed by atoms with van der Waals surface area (Å²) >= 11 is 0. The molecular formula is C29H26N2O6. The second-order valence-corrected chi connectivity index (χ2v) is 10.3. The van der Waals surface area contributed by atoms with Crippen LogP contribution in [0.25, 0.3) is 0 Å². The number of benzene rings is 2. The summed E-state index contributed by atoms with van der Waals surface area (Å²) in [6, 6.07) is 17.2. The summed E-state index contributed by atoms with van der Waals surface area (Å²) in [6.45, 7) is 5.22. The quantitative estimate of drug-likeness (QED) is 0.474. The van der Waals surface area contributed by atoms with Crippen LogP contribution < -0.4 is 9.80 Å². The first-order valence-electron chi connectivity index (χ1n) is 12.5. The number of anilines is 2. The van der Waals surface area contributed by atoms with E-state index in [1.807, 2.05) is 0 Å². The van der Waals surface area contributed by atoms with Crippen molar-refractivity contribution in [1.29, 1.82) is 0 Å². The molecule has 188 valence electrons. The molecule has 7 rings (SSSR count). The average molecular weight is 499 g/mol. The zero-order chi connectivity index (χ0) is 26.2. The first-order valence-corrected chi connectivity index (χ1v) is 12.5. The van der Waals surface area contributed by atoms with E-state index in [1.54, 1.807) is 81.4 Å². The molecular weight excluding hydrogens is 472 g/mol. The van der Waals surface area contributed by atoms with Crippen molar-refractivity contribution in [3.8, 4) is 0 Å². The number of esters is 1. The van der Waals surface area contributed by atoms with Gasteiger partial charge in [0.05, 0.1) is 41.7 Å². The maximum atomic E-state index is 14.0. The molecule has 4 atom stereocenters. The first kappa shape index (κ1) is 23.3. The maximum Gasteiger partial charge on any atom is 0.334 e. The Hall–Kier alpha value is -4.07. The van der Waals surface area contributed by atoms with Crippen LogP contribution in [0.4, 0.5) is 11.4 Å². The van der Waals surface area contributed by atoms with Gasteiger partial charge in [-0.25, -0.2) is 4.79 Å². The standard InChI is InChI=1S/C29H26N2O6/c1-4-37-28(36)21-15(2)18-19-22(26(34)30(24(19)32)16-11-7-5-8-12-16)29(21,3)23-20(18)25(33)31(27(23)35)17-13-9-6-10-14-17/h5-14,18-20,22-23H,4H2,1-3H3/t18?,19-,20-,22-,23-,29?/m1/s1. The van der Waals surface area contributed by atoms with E-state index >= 15 is 0 Å². The molecule has 0 radical (unpaired) electrons. The Kier molecular flexibility index (Phi) is 5.02. The van der Waals surface area contributed by atoms with Gasteiger partial charge >= 0.3 is 5.97 Å². The van der Waals surface area contributed by atoms with Gasteiger partial charge in [0.2, 0.25) is 23.6 Å². The van der Waals surface area contributed by atoms with Crippen LogP contribution in [0.15, 0.2) is 71.8 Å². The predicted molar refractivity (Wildman–Crippen MR) is 133 cm³/mol. The van der Waals surface area contributed by atoms with Gasteiger partial charge in [0.15, 0.2) is 0 Å². The summed E-state index contributed by atoms with van der Waals surface area (Å²) in [5.41, 5.74) is 0.259. The molecule has 0 aromatic heterocycles. The highest BCUT2D eigenvalue weighted by Gasteiger charge is 2.77. The number of imide groups is 2. The number of ether oxygens (including phenoxy) is 1. The molecule has 37 heavy (non-hydrogen) atoms. The second kappa shape index (κ2) is 7.96. The third kappa shape index (κ3) is 2.81. The van der Waals surface area contributed by atoms with Gasteiger partial charge in [-0.05, 0) is 38.1 Å². The Bertz CT molecular complexity index is 1310. The Balaban J connectivity index is 1.56. The number of carbonyl (C=O) groups excluding carboxylic acids is 5. The van der Waals surface area contributed by atoms with Gasteiger partial charge in [-0.3, -0.25) is 29.0 Å². The molecule has 2 aliphatic heterocycles. The van der Waals surface area contributed by atoms with Crippen molar-refractivity contribution in [2.45, 2.75) is 20.8 Å². The molecule has 0 unspecified atom stereocenters. The van der Waals surface area contributed by atoms with Crippen LogP contribution in [0.5, 0.6) is 0 Å². The Labute approximate surface area is 213 Å². The van der Waals surface area contributed by atoms with Crippen LogP contribution in [-0.2, 0) is 28.7 Å². The Morgan fingerprint density at radius 2 is 1.19 bits per heavy atom. The van der Waals surface area contributed by atoms with Crippen LogP contribution in [0.1, 0.15) is 20.8 Å². The minimum atomic E-state index is -1.40. The SMILES string of the molecule is CCOC(=O)C1=C(C)C2[C@H]3C(=O)N(c4ccccc4)C(=O)[C@@H]3C1(C)[C@H]1C(=O)N(c3ccccc3)C(=O)[C@H]21. The second-order valence-electron chi connectivity index (χ2n) is 10.3. The molecule has 0 spiro atoms. The molecule has 2 bridgehead atoms. The molecule has 8 heteroatoms. The van der Waals surface area contributed by atoms with Gasteiger partial charge < -0.3 is 4.74 Å². The van der Waals surface area contributed by atoms with Crippen molar-refractivity contribution in [3.63, 3.8) is 0 Å². The van der Waals surface area contributed by atoms with E-state index in [0.29, 0.717) is 16.9 Å². The Morgan fingerprint density at radius 3 is 1.59 bits per heavy atom. The number of rotatable bonds is 4. The molecule has 2 aromatic rings. The molecule has 3 fully saturated rings. The lowest BCUT2D eigenvalue weighted by Crippen LogP contribution is -2.61. The summed E-state index contributed by atoms with van der Waals surface area (Å²) < 4.78 is 5.40. The van der Waals surface area contributed by atoms with Crippen molar-refractivity contribution in [2.24, 2.45) is 35.0 Å². The zero-order valence-electron chi connectivity index (χ0n) is 20.7. The van der Waals surface area contributed by atoms with Gasteiger partial charge in [-0.2, -0.15) is 0 Å². The van der Waals surface area contributed by atoms with Gasteiger partial charge in [0.25, 0.3) is 0 Å². The maximum absolute atomic E-state index is 14.0. The van der Waals surface area contributed by atoms with Crippen LogP contribution in [0.2, 0.25) is 0 Å². The first-order chi connectivity index (χ1) is 17.7. The average Bonchev–Trinajstić information content (AvgIpc) is 3.31. The van der Waals surface area contributed by atoms with Crippen molar-refractivity contribution >= 4 is 41.0 Å². The highest BCUT2D eigenvalue weighted by atomic mass is 16.5. The number of hydrogen-bond acceptors (Lipinski definition) is 6. The van der Waals surface area contributed by atoms with Gasteiger partial charge in [0, 0.05) is 16.9 Å². The fraction of sp³-hybridized carbons (Fsp3) is 0.345. The lowest BCUT2D eigenvalue weighted by molar-refractivity contribution is -0.155. The van der Waals surface area contributed by atoms with Crippen molar-refractivity contribution in [2.75, 3.05) is 16.4 Å². The van der Waals surface area contributed by atoms with Crippen LogP contribution in [0.3, 0.4) is 0 Å². The molecule has 4 amide bonds. The third-order valence-corrected chi connectivity index (χ3v) is 8.71. The summed E-state index contributed by atoms with van der Waals surface area (Å²) in [6.07, 6.45) is 0. The molecule has 5 aliphatic rings. The molecule has 1 saturated carbocycles. The highest BCUT2D eigenvalue weighted by Crippen LogP contribution is 2.68. The van der Waals surface area contributed by atoms with Gasteiger partial charge in [0.1, 0.15) is 0 Å². The lowest BCUT2D eigenvalue weighted by Gasteiger charge is -2.55. The third-order valence-electron chi connectivity index (χ3n) is 8.71. The summed E-state index contributed by atoms with van der Waals surface area (Å²) in [7, 11) is 0. The number of amides is 4. The molecule has 2 heterocycles. The highest BCUT2D eigenvalue weighted by molar-refractivity contribution is 6.27. The van der Waals surface area contributed by atoms with E-state index in [9.17, 15) is 24.0 Å². The predicted octanol–water partition coefficient (Wildman–Crippen LogP) is 3.13. The van der Waals surface area contributed by atoms with Crippen molar-refractivity contribution in [1.82, 2.24) is 0 Å². The topological polar surface area (TPSA) is 101 Å². The van der Waals surface area contributed by atoms with Crippen molar-refractivity contribution < 1.29 is 28.7 Å². The van der Waals surface area contributed by atoms with E-state index in [4.69, 9.17) is 4.74 Å². The fourth-order valence-electron chi connectivity index (χ4n) is 7.47. The molecule has 2 saturated heterocycles. The minimum Gasteiger partial charge on any atom is -0.463 e. The van der Waals surface area contributed by atoms with Gasteiger partial charge in [-0.15, -0.1) is 0 Å². The molecule has 8 nitrogen and oxygen atoms in total. The van der Waals surface area contributed by atoms with Crippen LogP contribution in [-0.4, -0.2) is 36.2 Å². The van der Waals surface area contributed by atoms with Crippen molar-refractivity contribution in [3.05, 3.63) is 71.8 Å². The number of hydrogen-bond donors (Lipinski definition) is 0. The van der Waals surface area contributed by atoms with Crippen LogP contribution >= 0.6 is 0 Å². The van der Waals surface area contributed by atoms with E-state index < -0.39 is 64.6 Å². The number of carbonyl (C=O) groups is 5. The lowest BCUT2D eigenvalue weighted by atomic mass is 9.43. The summed E-state index contributed by atoms with van der Waals surface area (Å²) in [5.74, 6) is -6.76. The largest absolute Gasteiger partial charge is 0.463 e. The van der Waals surface area contributed by atoms with Gasteiger partial charge in [-0.1, -0.05) is 48.9 Å². The molecule has 2 aromatic carbocycles. The Morgan fingerprint density at radius 1 is 0.757 bits per heavy atom. The summed E-state index contributed by atoms with van der Waals surface area (Å²) in [4.78, 5) is 71.6. The van der Waals surface area contributed by atoms with E-state index in [0.717, 1.165) is 9.80 Å². The molecule has 0 N–H and O–H groups in total. The number of para-hydroxylation sites is 2. The van der Waals surface area contributed by atoms with Crippen LogP contribution in [0, 0.1) is 35.0 Å². The summed E-state index contributed by atoms with van der Waals surface area (Å²) in [5, 5.41) is 0. The zero-order valence-corrected chi connectivity index (χ0v) is 20.7. The number of nitrogens with zero attached hydrogens (tertiary/aromatic N) is 2. The number of allylic oxidation sites excluding steroid dienone is 1. The molecule has 3 aliphatic carbocycles. The van der Waals surface area contributed by atoms with E-state index in [2.05, 4.69) is 0 Å². The normalized spacial score (nSPS) is 32.2. The smallest absolute Gasteiger partial charge is 0.334 e. The van der Waals surface area contributed by atoms with E-state index in [1.165, 1.54) is 0 Å². The van der Waals surface area contributed by atoms with E-state index in [-0.39, 0.29) is 12.2 Å². The minimum absolute atomic E-state index is 0.116.